The van der Waals surface area contributed by atoms with Gasteiger partial charge in [-0.05, 0) is 44.7 Å². The molecular formula is C16H27NO. The third kappa shape index (κ3) is 6.18. The molecule has 1 aromatic rings. The van der Waals surface area contributed by atoms with E-state index in [9.17, 15) is 0 Å². The van der Waals surface area contributed by atoms with Crippen LogP contribution in [0.4, 0.5) is 0 Å². The molecule has 0 spiro atoms. The first-order valence-electron chi connectivity index (χ1n) is 7.04. The normalized spacial score (nSPS) is 12.6. The van der Waals surface area contributed by atoms with Crippen molar-refractivity contribution in [3.05, 3.63) is 35.4 Å². The summed E-state index contributed by atoms with van der Waals surface area (Å²) in [5, 5.41) is 3.57. The van der Waals surface area contributed by atoms with Crippen LogP contribution in [-0.4, -0.2) is 26.3 Å². The Morgan fingerprint density at radius 2 is 1.89 bits per heavy atom. The number of benzene rings is 1. The van der Waals surface area contributed by atoms with Crippen molar-refractivity contribution in [2.45, 2.75) is 45.6 Å². The molecule has 0 fully saturated rings. The first kappa shape index (κ1) is 15.2. The molecule has 0 saturated heterocycles. The molecule has 2 heteroatoms. The van der Waals surface area contributed by atoms with Crippen LogP contribution in [0.15, 0.2) is 24.3 Å². The van der Waals surface area contributed by atoms with Gasteiger partial charge in [-0.1, -0.05) is 36.8 Å². The maximum atomic E-state index is 5.12. The van der Waals surface area contributed by atoms with Crippen molar-refractivity contribution in [2.75, 3.05) is 20.3 Å². The van der Waals surface area contributed by atoms with Gasteiger partial charge in [-0.25, -0.2) is 0 Å². The van der Waals surface area contributed by atoms with Crippen LogP contribution in [0.1, 0.15) is 37.3 Å². The number of ether oxygens (including phenoxy) is 1. The molecule has 0 aliphatic carbocycles. The van der Waals surface area contributed by atoms with Gasteiger partial charge >= 0.3 is 0 Å². The van der Waals surface area contributed by atoms with Crippen molar-refractivity contribution in [1.29, 1.82) is 0 Å². The third-order valence-corrected chi connectivity index (χ3v) is 3.30. The Bertz CT molecular complexity index is 307. The van der Waals surface area contributed by atoms with E-state index in [2.05, 4.69) is 43.4 Å². The molecule has 18 heavy (non-hydrogen) atoms. The van der Waals surface area contributed by atoms with Crippen LogP contribution in [0.5, 0.6) is 0 Å². The van der Waals surface area contributed by atoms with Crippen molar-refractivity contribution in [2.24, 2.45) is 0 Å². The van der Waals surface area contributed by atoms with Crippen LogP contribution < -0.4 is 5.32 Å². The standard InChI is InChI=1S/C16H27NO/c1-4-17-16(6-5-13-18-3)12-11-15-9-7-14(2)8-10-15/h7-10,16-17H,4-6,11-13H2,1-3H3. The van der Waals surface area contributed by atoms with Crippen molar-refractivity contribution >= 4 is 0 Å². The average molecular weight is 249 g/mol. The van der Waals surface area contributed by atoms with Gasteiger partial charge in [0.25, 0.3) is 0 Å². The van der Waals surface area contributed by atoms with E-state index in [0.29, 0.717) is 6.04 Å². The lowest BCUT2D eigenvalue weighted by Crippen LogP contribution is -2.29. The van der Waals surface area contributed by atoms with E-state index in [4.69, 9.17) is 4.74 Å². The summed E-state index contributed by atoms with van der Waals surface area (Å²) in [6.45, 7) is 6.23. The first-order chi connectivity index (χ1) is 8.76. The molecule has 0 radical (unpaired) electrons. The lowest BCUT2D eigenvalue weighted by molar-refractivity contribution is 0.188. The number of hydrogen-bond acceptors (Lipinski definition) is 2. The van der Waals surface area contributed by atoms with Crippen LogP contribution >= 0.6 is 0 Å². The molecule has 0 aromatic heterocycles. The van der Waals surface area contributed by atoms with E-state index in [1.807, 2.05) is 0 Å². The zero-order chi connectivity index (χ0) is 13.2. The second kappa shape index (κ2) is 9.12. The number of hydrogen-bond donors (Lipinski definition) is 1. The largest absolute Gasteiger partial charge is 0.385 e. The van der Waals surface area contributed by atoms with Gasteiger partial charge in [-0.15, -0.1) is 0 Å². The summed E-state index contributed by atoms with van der Waals surface area (Å²) in [7, 11) is 1.77. The summed E-state index contributed by atoms with van der Waals surface area (Å²) in [6, 6.07) is 9.50. The highest BCUT2D eigenvalue weighted by atomic mass is 16.5. The minimum Gasteiger partial charge on any atom is -0.385 e. The molecule has 0 aliphatic rings. The number of rotatable bonds is 9. The molecule has 1 aromatic carbocycles. The lowest BCUT2D eigenvalue weighted by Gasteiger charge is -2.17. The SMILES string of the molecule is CCNC(CCCOC)CCc1ccc(C)cc1. The third-order valence-electron chi connectivity index (χ3n) is 3.30. The molecule has 0 heterocycles. The zero-order valence-electron chi connectivity index (χ0n) is 12.0. The van der Waals surface area contributed by atoms with Gasteiger partial charge in [0.1, 0.15) is 0 Å². The highest BCUT2D eigenvalue weighted by Gasteiger charge is 2.07. The van der Waals surface area contributed by atoms with Crippen LogP contribution in [0.3, 0.4) is 0 Å². The maximum absolute atomic E-state index is 5.12. The molecule has 0 aliphatic heterocycles. The molecule has 1 unspecified atom stereocenters. The van der Waals surface area contributed by atoms with Gasteiger partial charge in [0.2, 0.25) is 0 Å². The number of methoxy groups -OCH3 is 1. The van der Waals surface area contributed by atoms with Crippen molar-refractivity contribution < 1.29 is 4.74 Å². The Morgan fingerprint density at radius 1 is 1.17 bits per heavy atom. The number of aryl methyl sites for hydroxylation is 2. The molecule has 1 rings (SSSR count). The van der Waals surface area contributed by atoms with Crippen molar-refractivity contribution in [1.82, 2.24) is 5.32 Å². The molecular weight excluding hydrogens is 222 g/mol. The van der Waals surface area contributed by atoms with E-state index in [-0.39, 0.29) is 0 Å². The van der Waals surface area contributed by atoms with Crippen LogP contribution in [0.2, 0.25) is 0 Å². The Kier molecular flexibility index (Phi) is 7.70. The maximum Gasteiger partial charge on any atom is 0.0462 e. The number of nitrogens with one attached hydrogen (secondary N) is 1. The van der Waals surface area contributed by atoms with Crippen molar-refractivity contribution in [3.63, 3.8) is 0 Å². The molecule has 102 valence electrons. The zero-order valence-corrected chi connectivity index (χ0v) is 12.0. The second-order valence-corrected chi connectivity index (χ2v) is 4.91. The first-order valence-corrected chi connectivity index (χ1v) is 7.04. The Balaban J connectivity index is 2.33. The van der Waals surface area contributed by atoms with Gasteiger partial charge in [-0.3, -0.25) is 0 Å². The molecule has 2 nitrogen and oxygen atoms in total. The highest BCUT2D eigenvalue weighted by molar-refractivity contribution is 5.21. The monoisotopic (exact) mass is 249 g/mol. The van der Waals surface area contributed by atoms with Crippen LogP contribution in [0.25, 0.3) is 0 Å². The quantitative estimate of drug-likeness (QED) is 0.678. The Labute approximate surface area is 112 Å². The van der Waals surface area contributed by atoms with Gasteiger partial charge in [0.15, 0.2) is 0 Å². The fourth-order valence-electron chi connectivity index (χ4n) is 2.21. The summed E-state index contributed by atoms with van der Waals surface area (Å²) in [5.74, 6) is 0. The van der Waals surface area contributed by atoms with E-state index in [1.54, 1.807) is 7.11 Å². The highest BCUT2D eigenvalue weighted by Crippen LogP contribution is 2.10. The fourth-order valence-corrected chi connectivity index (χ4v) is 2.21. The summed E-state index contributed by atoms with van der Waals surface area (Å²) < 4.78 is 5.12. The molecule has 0 saturated carbocycles. The van der Waals surface area contributed by atoms with Gasteiger partial charge in [-0.2, -0.15) is 0 Å². The lowest BCUT2D eigenvalue weighted by atomic mass is 10.0. The summed E-state index contributed by atoms with van der Waals surface area (Å²) in [6.07, 6.45) is 4.71. The predicted octanol–water partition coefficient (Wildman–Crippen LogP) is 3.33. The summed E-state index contributed by atoms with van der Waals surface area (Å²) in [5.41, 5.74) is 2.78. The Morgan fingerprint density at radius 3 is 2.50 bits per heavy atom. The minimum atomic E-state index is 0.617. The molecule has 0 bridgehead atoms. The van der Waals surface area contributed by atoms with Crippen LogP contribution in [-0.2, 0) is 11.2 Å². The van der Waals surface area contributed by atoms with Crippen molar-refractivity contribution in [3.8, 4) is 0 Å². The topological polar surface area (TPSA) is 21.3 Å². The Hall–Kier alpha value is -0.860. The van der Waals surface area contributed by atoms with E-state index >= 15 is 0 Å². The molecule has 1 atom stereocenters. The average Bonchev–Trinajstić information content (AvgIpc) is 2.38. The van der Waals surface area contributed by atoms with Gasteiger partial charge in [0, 0.05) is 19.8 Å². The van der Waals surface area contributed by atoms with E-state index < -0.39 is 0 Å². The predicted molar refractivity (Wildman–Crippen MR) is 78.1 cm³/mol. The smallest absolute Gasteiger partial charge is 0.0462 e. The minimum absolute atomic E-state index is 0.617. The van der Waals surface area contributed by atoms with Crippen LogP contribution in [0, 0.1) is 6.92 Å². The molecule has 0 amide bonds. The second-order valence-electron chi connectivity index (χ2n) is 4.91. The molecule has 1 N–H and O–H groups in total. The summed E-state index contributed by atoms with van der Waals surface area (Å²) in [4.78, 5) is 0. The van der Waals surface area contributed by atoms with Gasteiger partial charge in [0.05, 0.1) is 0 Å². The van der Waals surface area contributed by atoms with E-state index in [0.717, 1.165) is 26.0 Å². The summed E-state index contributed by atoms with van der Waals surface area (Å²) >= 11 is 0. The fraction of sp³-hybridized carbons (Fsp3) is 0.625. The van der Waals surface area contributed by atoms with E-state index in [1.165, 1.54) is 24.0 Å². The van der Waals surface area contributed by atoms with Gasteiger partial charge < -0.3 is 10.1 Å².